The second kappa shape index (κ2) is 11.0. The lowest BCUT2D eigenvalue weighted by Crippen LogP contribution is -2.40. The Kier molecular flexibility index (Phi) is 7.51. The number of halogens is 2. The zero-order valence-electron chi connectivity index (χ0n) is 21.1. The van der Waals surface area contributed by atoms with Crippen LogP contribution in [0.25, 0.3) is 22.3 Å². The fourth-order valence-electron chi connectivity index (χ4n) is 5.25. The number of amides is 2. The molecule has 0 spiro atoms. The number of pyridine rings is 1. The Morgan fingerprint density at radius 3 is 2.24 bits per heavy atom. The number of carbonyl (C=O) groups excluding carboxylic acids is 2. The SMILES string of the molecule is NC1(c2ccc(-c3cnc(NC(=O)C[C@H]4CC[C@H](NC(=O)C(F)F)CC4)cc3-c3ccccc3)cc2)CC1. The van der Waals surface area contributed by atoms with Crippen LogP contribution in [0.1, 0.15) is 50.5 Å². The number of rotatable bonds is 8. The summed E-state index contributed by atoms with van der Waals surface area (Å²) in [6, 6.07) is 19.9. The average molecular weight is 519 g/mol. The van der Waals surface area contributed by atoms with Crippen LogP contribution >= 0.6 is 0 Å². The first-order chi connectivity index (χ1) is 18.3. The van der Waals surface area contributed by atoms with Crippen molar-refractivity contribution in [3.8, 4) is 22.3 Å². The van der Waals surface area contributed by atoms with Gasteiger partial charge in [0.25, 0.3) is 5.91 Å². The van der Waals surface area contributed by atoms with Crippen LogP contribution in [0.5, 0.6) is 0 Å². The molecule has 0 unspecified atom stereocenters. The molecule has 2 fully saturated rings. The van der Waals surface area contributed by atoms with Crippen LogP contribution in [-0.2, 0) is 15.1 Å². The topological polar surface area (TPSA) is 97.1 Å². The quantitative estimate of drug-likeness (QED) is 0.360. The molecule has 38 heavy (non-hydrogen) atoms. The Labute approximate surface area is 221 Å². The maximum absolute atomic E-state index is 12.8. The van der Waals surface area contributed by atoms with Gasteiger partial charge in [-0.3, -0.25) is 9.59 Å². The molecule has 2 aromatic carbocycles. The fourth-order valence-corrected chi connectivity index (χ4v) is 5.25. The Hall–Kier alpha value is -3.65. The number of benzene rings is 2. The van der Waals surface area contributed by atoms with Gasteiger partial charge in [0.15, 0.2) is 0 Å². The summed E-state index contributed by atoms with van der Waals surface area (Å²) in [6.07, 6.45) is 3.70. The van der Waals surface area contributed by atoms with Crippen LogP contribution in [0.2, 0.25) is 0 Å². The molecule has 198 valence electrons. The normalized spacial score (nSPS) is 20.1. The number of hydrogen-bond donors (Lipinski definition) is 3. The Balaban J connectivity index is 1.26. The van der Waals surface area contributed by atoms with Gasteiger partial charge in [0, 0.05) is 29.8 Å². The number of alkyl halides is 2. The van der Waals surface area contributed by atoms with Crippen molar-refractivity contribution in [1.82, 2.24) is 10.3 Å². The van der Waals surface area contributed by atoms with Crippen LogP contribution < -0.4 is 16.4 Å². The summed E-state index contributed by atoms with van der Waals surface area (Å²) in [7, 11) is 0. The molecule has 2 aliphatic rings. The highest BCUT2D eigenvalue weighted by atomic mass is 19.3. The van der Waals surface area contributed by atoms with E-state index >= 15 is 0 Å². The molecule has 5 rings (SSSR count). The third kappa shape index (κ3) is 6.07. The van der Waals surface area contributed by atoms with Gasteiger partial charge in [0.2, 0.25) is 5.91 Å². The second-order valence-corrected chi connectivity index (χ2v) is 10.5. The maximum Gasteiger partial charge on any atom is 0.315 e. The highest BCUT2D eigenvalue weighted by Crippen LogP contribution is 2.43. The maximum atomic E-state index is 12.8. The molecule has 1 aromatic heterocycles. The predicted molar refractivity (Wildman–Crippen MR) is 143 cm³/mol. The summed E-state index contributed by atoms with van der Waals surface area (Å²) in [4.78, 5) is 28.6. The molecule has 2 amide bonds. The van der Waals surface area contributed by atoms with Crippen molar-refractivity contribution in [1.29, 1.82) is 0 Å². The van der Waals surface area contributed by atoms with E-state index in [4.69, 9.17) is 5.73 Å². The highest BCUT2D eigenvalue weighted by molar-refractivity contribution is 5.92. The molecule has 0 saturated heterocycles. The largest absolute Gasteiger partial charge is 0.348 e. The number of aromatic nitrogens is 1. The third-order valence-corrected chi connectivity index (χ3v) is 7.68. The van der Waals surface area contributed by atoms with Crippen molar-refractivity contribution in [3.63, 3.8) is 0 Å². The van der Waals surface area contributed by atoms with Crippen molar-refractivity contribution in [2.24, 2.45) is 11.7 Å². The number of nitrogens with two attached hydrogens (primary N) is 1. The van der Waals surface area contributed by atoms with Gasteiger partial charge in [-0.2, -0.15) is 8.78 Å². The molecule has 2 saturated carbocycles. The molecule has 0 aliphatic heterocycles. The lowest BCUT2D eigenvalue weighted by atomic mass is 9.84. The number of hydrogen-bond acceptors (Lipinski definition) is 4. The van der Waals surface area contributed by atoms with Crippen LogP contribution in [0.4, 0.5) is 14.6 Å². The fraction of sp³-hybridized carbons (Fsp3) is 0.367. The van der Waals surface area contributed by atoms with Gasteiger partial charge in [-0.1, -0.05) is 54.6 Å². The number of nitrogens with one attached hydrogen (secondary N) is 2. The van der Waals surface area contributed by atoms with E-state index in [2.05, 4.69) is 39.9 Å². The minimum absolute atomic E-state index is 0.133. The summed E-state index contributed by atoms with van der Waals surface area (Å²) in [6.45, 7) is 0. The van der Waals surface area contributed by atoms with Crippen molar-refractivity contribution in [3.05, 3.63) is 72.4 Å². The van der Waals surface area contributed by atoms with Crippen LogP contribution in [0.3, 0.4) is 0 Å². The summed E-state index contributed by atoms with van der Waals surface area (Å²) in [5.41, 5.74) is 11.3. The van der Waals surface area contributed by atoms with Crippen molar-refractivity contribution in [2.45, 2.75) is 63.0 Å². The van der Waals surface area contributed by atoms with Gasteiger partial charge < -0.3 is 16.4 Å². The standard InChI is InChI=1S/C30H32F2N4O2/c31-28(32)29(38)35-23-12-6-19(7-13-23)16-27(37)36-26-17-24(20-4-2-1-3-5-20)25(18-34-26)21-8-10-22(11-9-21)30(33)14-15-30/h1-5,8-11,17-19,23,28H,6-7,12-16,33H2,(H,35,38)(H,34,36,37)/t19-,23-. The van der Waals surface area contributed by atoms with Gasteiger partial charge >= 0.3 is 6.43 Å². The summed E-state index contributed by atoms with van der Waals surface area (Å²) in [5, 5.41) is 5.32. The predicted octanol–water partition coefficient (Wildman–Crippen LogP) is 5.63. The van der Waals surface area contributed by atoms with Crippen molar-refractivity contribution in [2.75, 3.05) is 5.32 Å². The Morgan fingerprint density at radius 1 is 0.947 bits per heavy atom. The monoisotopic (exact) mass is 518 g/mol. The minimum atomic E-state index is -3.00. The third-order valence-electron chi connectivity index (χ3n) is 7.68. The first kappa shape index (κ1) is 26.0. The molecule has 1 heterocycles. The number of nitrogens with zero attached hydrogens (tertiary/aromatic N) is 1. The number of carbonyl (C=O) groups is 2. The highest BCUT2D eigenvalue weighted by Gasteiger charge is 2.39. The van der Waals surface area contributed by atoms with Crippen LogP contribution in [0.15, 0.2) is 66.9 Å². The van der Waals surface area contributed by atoms with Crippen LogP contribution in [-0.4, -0.2) is 29.3 Å². The van der Waals surface area contributed by atoms with E-state index in [1.165, 1.54) is 0 Å². The molecule has 3 aromatic rings. The van der Waals surface area contributed by atoms with Crippen LogP contribution in [0, 0.1) is 5.92 Å². The van der Waals surface area contributed by atoms with E-state index in [0.29, 0.717) is 37.9 Å². The average Bonchev–Trinajstić information content (AvgIpc) is 3.68. The molecular weight excluding hydrogens is 486 g/mol. The van der Waals surface area contributed by atoms with E-state index in [-0.39, 0.29) is 23.4 Å². The summed E-state index contributed by atoms with van der Waals surface area (Å²) >= 11 is 0. The zero-order chi connectivity index (χ0) is 26.7. The lowest BCUT2D eigenvalue weighted by Gasteiger charge is -2.28. The molecule has 0 radical (unpaired) electrons. The summed E-state index contributed by atoms with van der Waals surface area (Å²) in [5.74, 6) is -0.743. The Morgan fingerprint density at radius 2 is 1.61 bits per heavy atom. The van der Waals surface area contributed by atoms with Gasteiger partial charge in [0.1, 0.15) is 5.82 Å². The van der Waals surface area contributed by atoms with E-state index < -0.39 is 12.3 Å². The zero-order valence-corrected chi connectivity index (χ0v) is 21.1. The molecule has 8 heteroatoms. The molecule has 0 bridgehead atoms. The van der Waals surface area contributed by atoms with Gasteiger partial charge in [-0.15, -0.1) is 0 Å². The lowest BCUT2D eigenvalue weighted by molar-refractivity contribution is -0.132. The van der Waals surface area contributed by atoms with Gasteiger partial charge in [-0.25, -0.2) is 4.98 Å². The smallest absolute Gasteiger partial charge is 0.315 e. The number of anilines is 1. The van der Waals surface area contributed by atoms with Gasteiger partial charge in [0.05, 0.1) is 0 Å². The van der Waals surface area contributed by atoms with E-state index in [0.717, 1.165) is 40.7 Å². The van der Waals surface area contributed by atoms with Crippen molar-refractivity contribution < 1.29 is 18.4 Å². The minimum Gasteiger partial charge on any atom is -0.348 e. The second-order valence-electron chi connectivity index (χ2n) is 10.5. The van der Waals surface area contributed by atoms with Gasteiger partial charge in [-0.05, 0) is 72.8 Å². The first-order valence-corrected chi connectivity index (χ1v) is 13.1. The molecule has 2 aliphatic carbocycles. The van der Waals surface area contributed by atoms with Crippen molar-refractivity contribution >= 4 is 17.6 Å². The van der Waals surface area contributed by atoms with E-state index in [1.807, 2.05) is 36.4 Å². The summed E-state index contributed by atoms with van der Waals surface area (Å²) < 4.78 is 25.0. The molecule has 0 atom stereocenters. The Bertz CT molecular complexity index is 1290. The molecular formula is C30H32F2N4O2. The molecule has 6 nitrogen and oxygen atoms in total. The van der Waals surface area contributed by atoms with E-state index in [1.54, 1.807) is 6.20 Å². The first-order valence-electron chi connectivity index (χ1n) is 13.1. The van der Waals surface area contributed by atoms with E-state index in [9.17, 15) is 18.4 Å². The molecule has 4 N–H and O–H groups in total.